The Kier molecular flexibility index (Phi) is 11.4. The summed E-state index contributed by atoms with van der Waals surface area (Å²) in [6.45, 7) is 8.50. The van der Waals surface area contributed by atoms with Crippen molar-refractivity contribution in [1.82, 2.24) is 0 Å². The molecule has 0 aliphatic rings. The third kappa shape index (κ3) is 9.20. The van der Waals surface area contributed by atoms with Gasteiger partial charge in [0.25, 0.3) is 11.8 Å². The molecule has 0 aliphatic heterocycles. The molecule has 4 aromatic carbocycles. The average Bonchev–Trinajstić information content (AvgIpc) is 3.04. The number of para-hydroxylation sites is 2. The van der Waals surface area contributed by atoms with Crippen LogP contribution in [0.3, 0.4) is 0 Å². The molecule has 0 saturated carbocycles. The van der Waals surface area contributed by atoms with E-state index in [1.165, 1.54) is 0 Å². The van der Waals surface area contributed by atoms with Crippen LogP contribution in [0.2, 0.25) is 0 Å². The summed E-state index contributed by atoms with van der Waals surface area (Å²) in [5, 5.41) is 5.82. The van der Waals surface area contributed by atoms with Crippen molar-refractivity contribution in [1.29, 1.82) is 0 Å². The second-order valence-electron chi connectivity index (χ2n) is 10.9. The normalized spacial score (nSPS) is 12.2. The number of rotatable bonds is 14. The highest BCUT2D eigenvalue weighted by atomic mass is 16.5. The van der Waals surface area contributed by atoms with Crippen molar-refractivity contribution in [2.75, 3.05) is 23.8 Å². The Morgan fingerprint density at radius 1 is 0.581 bits per heavy atom. The maximum Gasteiger partial charge on any atom is 0.262 e. The summed E-state index contributed by atoms with van der Waals surface area (Å²) in [5.74, 6) is 1.84. The molecule has 2 atom stereocenters. The van der Waals surface area contributed by atoms with Gasteiger partial charge < -0.3 is 20.1 Å². The van der Waals surface area contributed by atoms with Gasteiger partial charge in [0.05, 0.1) is 0 Å². The molecule has 0 fully saturated rings. The third-order valence-electron chi connectivity index (χ3n) is 7.73. The van der Waals surface area contributed by atoms with E-state index >= 15 is 0 Å². The van der Waals surface area contributed by atoms with Crippen LogP contribution in [0.4, 0.5) is 11.4 Å². The molecular weight excluding hydrogens is 536 g/mol. The zero-order valence-electron chi connectivity index (χ0n) is 25.6. The fraction of sp³-hybridized carbons (Fsp3) is 0.297. The van der Waals surface area contributed by atoms with E-state index in [-0.39, 0.29) is 25.0 Å². The smallest absolute Gasteiger partial charge is 0.262 e. The van der Waals surface area contributed by atoms with E-state index in [1.807, 2.05) is 84.9 Å². The Bertz CT molecular complexity index is 1370. The number of ether oxygens (including phenoxy) is 2. The molecule has 0 heterocycles. The van der Waals surface area contributed by atoms with Gasteiger partial charge in [-0.1, -0.05) is 88.4 Å². The number of carbonyl (C=O) groups excluding carboxylic acids is 2. The van der Waals surface area contributed by atoms with Crippen LogP contribution in [0.25, 0.3) is 0 Å². The molecule has 4 aromatic rings. The predicted molar refractivity (Wildman–Crippen MR) is 174 cm³/mol. The molecule has 6 heteroatoms. The van der Waals surface area contributed by atoms with Gasteiger partial charge >= 0.3 is 0 Å². The van der Waals surface area contributed by atoms with Crippen molar-refractivity contribution in [2.45, 2.75) is 58.8 Å². The Morgan fingerprint density at radius 2 is 0.953 bits per heavy atom. The zero-order valence-corrected chi connectivity index (χ0v) is 25.6. The highest BCUT2D eigenvalue weighted by molar-refractivity contribution is 5.92. The third-order valence-corrected chi connectivity index (χ3v) is 7.73. The highest BCUT2D eigenvalue weighted by Crippen LogP contribution is 2.29. The van der Waals surface area contributed by atoms with Crippen molar-refractivity contribution >= 4 is 23.2 Å². The minimum Gasteiger partial charge on any atom is -0.483 e. The van der Waals surface area contributed by atoms with E-state index in [2.05, 4.69) is 50.5 Å². The van der Waals surface area contributed by atoms with Crippen molar-refractivity contribution in [3.63, 3.8) is 0 Å². The second-order valence-corrected chi connectivity index (χ2v) is 10.9. The molecule has 0 radical (unpaired) electrons. The average molecular weight is 579 g/mol. The van der Waals surface area contributed by atoms with E-state index in [0.717, 1.165) is 64.4 Å². The first-order chi connectivity index (χ1) is 20.9. The minimum absolute atomic E-state index is 0.0461. The summed E-state index contributed by atoms with van der Waals surface area (Å²) in [7, 11) is 0. The number of amides is 2. The quantitative estimate of drug-likeness (QED) is 0.158. The molecule has 0 aliphatic carbocycles. The lowest BCUT2D eigenvalue weighted by molar-refractivity contribution is -0.118. The van der Waals surface area contributed by atoms with E-state index in [0.29, 0.717) is 11.8 Å². The van der Waals surface area contributed by atoms with Gasteiger partial charge in [-0.15, -0.1) is 0 Å². The standard InChI is InChI=1S/C37H42N2O4/c1-5-26(3)32-11-7-9-13-34(32)42-24-36(40)38-30-19-15-28(16-20-30)23-29-17-21-31(22-18-29)39-37(41)25-43-35-14-10-8-12-33(35)27(4)6-2/h7-22,26-27H,5-6,23-25H2,1-4H3,(H,38,40)(H,39,41)/t26-,27+. The van der Waals surface area contributed by atoms with Crippen LogP contribution in [0.1, 0.15) is 74.6 Å². The number of hydrogen-bond acceptors (Lipinski definition) is 4. The van der Waals surface area contributed by atoms with Crippen LogP contribution in [0, 0.1) is 0 Å². The van der Waals surface area contributed by atoms with Gasteiger partial charge in [-0.25, -0.2) is 0 Å². The SMILES string of the molecule is CC[C@@H](C)c1ccccc1OCC(=O)Nc1ccc(Cc2ccc(NC(=O)COc3ccccc3[C@@H](C)CC)cc2)cc1. The summed E-state index contributed by atoms with van der Waals surface area (Å²) in [6, 6.07) is 31.3. The summed E-state index contributed by atoms with van der Waals surface area (Å²) in [4.78, 5) is 25.0. The Morgan fingerprint density at radius 3 is 1.33 bits per heavy atom. The predicted octanol–water partition coefficient (Wildman–Crippen LogP) is 8.34. The van der Waals surface area contributed by atoms with E-state index in [1.54, 1.807) is 0 Å². The topological polar surface area (TPSA) is 76.7 Å². The van der Waals surface area contributed by atoms with Gasteiger partial charge in [0.2, 0.25) is 0 Å². The van der Waals surface area contributed by atoms with Gasteiger partial charge in [0.15, 0.2) is 13.2 Å². The molecule has 6 nitrogen and oxygen atoms in total. The number of hydrogen-bond donors (Lipinski definition) is 2. The lowest BCUT2D eigenvalue weighted by atomic mass is 9.98. The van der Waals surface area contributed by atoms with Crippen LogP contribution in [0.5, 0.6) is 11.5 Å². The molecule has 2 amide bonds. The number of nitrogens with one attached hydrogen (secondary N) is 2. The molecule has 0 unspecified atom stereocenters. The lowest BCUT2D eigenvalue weighted by Gasteiger charge is -2.15. The van der Waals surface area contributed by atoms with E-state index < -0.39 is 0 Å². The van der Waals surface area contributed by atoms with Crippen LogP contribution in [0.15, 0.2) is 97.1 Å². The maximum absolute atomic E-state index is 12.5. The van der Waals surface area contributed by atoms with Crippen molar-refractivity contribution < 1.29 is 19.1 Å². The summed E-state index contributed by atoms with van der Waals surface area (Å²) < 4.78 is 11.7. The Hall–Kier alpha value is -4.58. The first-order valence-electron chi connectivity index (χ1n) is 15.1. The first kappa shape index (κ1) is 31.4. The molecular formula is C37H42N2O4. The lowest BCUT2D eigenvalue weighted by Crippen LogP contribution is -2.20. The number of carbonyl (C=O) groups is 2. The van der Waals surface area contributed by atoms with Gasteiger partial charge in [-0.2, -0.15) is 0 Å². The number of anilines is 2. The fourth-order valence-corrected chi connectivity index (χ4v) is 4.81. The van der Waals surface area contributed by atoms with Gasteiger partial charge in [-0.05, 0) is 89.8 Å². The van der Waals surface area contributed by atoms with E-state index in [9.17, 15) is 9.59 Å². The monoisotopic (exact) mass is 578 g/mol. The number of benzene rings is 4. The largest absolute Gasteiger partial charge is 0.483 e. The molecule has 0 spiro atoms. The van der Waals surface area contributed by atoms with Crippen LogP contribution < -0.4 is 20.1 Å². The highest BCUT2D eigenvalue weighted by Gasteiger charge is 2.13. The first-order valence-corrected chi connectivity index (χ1v) is 15.1. The molecule has 0 saturated heterocycles. The van der Waals surface area contributed by atoms with Crippen LogP contribution in [-0.4, -0.2) is 25.0 Å². The summed E-state index contributed by atoms with van der Waals surface area (Å²) in [5.41, 5.74) is 5.90. The Labute approximate surface area is 255 Å². The van der Waals surface area contributed by atoms with Crippen molar-refractivity contribution in [3.8, 4) is 11.5 Å². The molecule has 0 bridgehead atoms. The molecule has 4 rings (SSSR count). The summed E-state index contributed by atoms with van der Waals surface area (Å²) >= 11 is 0. The fourth-order valence-electron chi connectivity index (χ4n) is 4.81. The van der Waals surface area contributed by atoms with Crippen molar-refractivity contribution in [2.24, 2.45) is 0 Å². The zero-order chi connectivity index (χ0) is 30.6. The van der Waals surface area contributed by atoms with E-state index in [4.69, 9.17) is 9.47 Å². The van der Waals surface area contributed by atoms with Gasteiger partial charge in [0, 0.05) is 11.4 Å². The van der Waals surface area contributed by atoms with Gasteiger partial charge in [-0.3, -0.25) is 9.59 Å². The molecule has 43 heavy (non-hydrogen) atoms. The summed E-state index contributed by atoms with van der Waals surface area (Å²) in [6.07, 6.45) is 2.74. The molecule has 0 aromatic heterocycles. The molecule has 2 N–H and O–H groups in total. The van der Waals surface area contributed by atoms with Gasteiger partial charge in [0.1, 0.15) is 11.5 Å². The molecule has 224 valence electrons. The van der Waals surface area contributed by atoms with Crippen LogP contribution in [-0.2, 0) is 16.0 Å². The van der Waals surface area contributed by atoms with Crippen molar-refractivity contribution in [3.05, 3.63) is 119 Å². The minimum atomic E-state index is -0.200. The maximum atomic E-state index is 12.5. The second kappa shape index (κ2) is 15.6. The van der Waals surface area contributed by atoms with Crippen LogP contribution >= 0.6 is 0 Å². The Balaban J connectivity index is 1.23.